The van der Waals surface area contributed by atoms with Crippen molar-refractivity contribution in [3.8, 4) is 0 Å². The van der Waals surface area contributed by atoms with Gasteiger partial charge in [0.15, 0.2) is 0 Å². The Morgan fingerprint density at radius 1 is 1.21 bits per heavy atom. The quantitative estimate of drug-likeness (QED) is 0.707. The number of nitrogens with one attached hydrogen (secondary N) is 2. The highest BCUT2D eigenvalue weighted by atomic mass is 16.1. The van der Waals surface area contributed by atoms with Gasteiger partial charge in [-0.25, -0.2) is 4.98 Å². The molecule has 0 spiro atoms. The minimum atomic E-state index is -0.0916. The zero-order chi connectivity index (χ0) is 16.9. The van der Waals surface area contributed by atoms with Crippen molar-refractivity contribution in [1.29, 1.82) is 0 Å². The third-order valence-electron chi connectivity index (χ3n) is 3.94. The highest BCUT2D eigenvalue weighted by Gasteiger charge is 2.02. The molecule has 0 aliphatic rings. The van der Waals surface area contributed by atoms with Gasteiger partial charge in [0.2, 0.25) is 5.91 Å². The maximum atomic E-state index is 11.9. The number of carbonyl (C=O) groups excluding carboxylic acids is 1. The fourth-order valence-corrected chi connectivity index (χ4v) is 2.67. The average molecular weight is 319 g/mol. The monoisotopic (exact) mass is 319 g/mol. The first kappa shape index (κ1) is 16.0. The molecular weight excluding hydrogens is 298 g/mol. The van der Waals surface area contributed by atoms with Crippen LogP contribution in [-0.2, 0) is 11.2 Å². The number of imidazole rings is 1. The number of hydrogen-bond acceptors (Lipinski definition) is 2. The molecule has 2 aromatic carbocycles. The van der Waals surface area contributed by atoms with E-state index in [4.69, 9.17) is 0 Å². The van der Waals surface area contributed by atoms with Crippen molar-refractivity contribution in [1.82, 2.24) is 15.3 Å². The van der Waals surface area contributed by atoms with E-state index in [-0.39, 0.29) is 5.91 Å². The maximum absolute atomic E-state index is 11.9. The van der Waals surface area contributed by atoms with Gasteiger partial charge in [-0.1, -0.05) is 35.9 Å². The molecular formula is C20H21N3O. The van der Waals surface area contributed by atoms with Crippen molar-refractivity contribution in [3.63, 3.8) is 0 Å². The van der Waals surface area contributed by atoms with Crippen molar-refractivity contribution < 1.29 is 4.79 Å². The van der Waals surface area contributed by atoms with Crippen LogP contribution in [0.1, 0.15) is 22.5 Å². The minimum absolute atomic E-state index is 0.0916. The van der Waals surface area contributed by atoms with E-state index >= 15 is 0 Å². The summed E-state index contributed by atoms with van der Waals surface area (Å²) in [6.07, 6.45) is 4.11. The second kappa shape index (κ2) is 7.13. The highest BCUT2D eigenvalue weighted by molar-refractivity contribution is 5.91. The van der Waals surface area contributed by atoms with E-state index < -0.39 is 0 Å². The molecule has 0 bridgehead atoms. The van der Waals surface area contributed by atoms with Crippen LogP contribution in [0.15, 0.2) is 48.5 Å². The number of aromatic nitrogens is 2. The van der Waals surface area contributed by atoms with Crippen LogP contribution in [0, 0.1) is 13.8 Å². The molecule has 3 aromatic rings. The molecule has 122 valence electrons. The summed E-state index contributed by atoms with van der Waals surface area (Å²) in [6, 6.07) is 14.1. The van der Waals surface area contributed by atoms with Gasteiger partial charge in [-0.15, -0.1) is 0 Å². The van der Waals surface area contributed by atoms with Gasteiger partial charge in [-0.05, 0) is 43.2 Å². The number of rotatable bonds is 5. The second-order valence-corrected chi connectivity index (χ2v) is 5.94. The number of aromatic amines is 1. The lowest BCUT2D eigenvalue weighted by Crippen LogP contribution is -2.23. The molecule has 0 saturated carbocycles. The standard InChI is InChI=1S/C20H21N3O/c1-14-7-8-16(15(2)13-14)9-10-20(24)21-12-11-19-22-17-5-3-4-6-18(17)23-19/h3-10,13H,11-12H2,1-2H3,(H,21,24)(H,22,23)/b10-9+. The van der Waals surface area contributed by atoms with Gasteiger partial charge in [-0.3, -0.25) is 4.79 Å². The van der Waals surface area contributed by atoms with E-state index in [0.29, 0.717) is 13.0 Å². The molecule has 0 atom stereocenters. The van der Waals surface area contributed by atoms with Crippen LogP contribution in [0.25, 0.3) is 17.1 Å². The molecule has 4 nitrogen and oxygen atoms in total. The van der Waals surface area contributed by atoms with Gasteiger partial charge >= 0.3 is 0 Å². The Labute approximate surface area is 141 Å². The molecule has 0 aliphatic heterocycles. The average Bonchev–Trinajstić information content (AvgIpc) is 2.96. The molecule has 1 heterocycles. The molecule has 2 N–H and O–H groups in total. The van der Waals surface area contributed by atoms with E-state index in [9.17, 15) is 4.79 Å². The normalized spacial score (nSPS) is 11.2. The topological polar surface area (TPSA) is 57.8 Å². The number of benzene rings is 2. The molecule has 4 heteroatoms. The Morgan fingerprint density at radius 3 is 2.83 bits per heavy atom. The largest absolute Gasteiger partial charge is 0.352 e. The number of carbonyl (C=O) groups is 1. The lowest BCUT2D eigenvalue weighted by atomic mass is 10.1. The molecule has 1 amide bonds. The first-order valence-electron chi connectivity index (χ1n) is 8.08. The Bertz CT molecular complexity index is 860. The molecule has 1 aromatic heterocycles. The molecule has 0 saturated heterocycles. The van der Waals surface area contributed by atoms with Crippen molar-refractivity contribution in [3.05, 3.63) is 71.1 Å². The van der Waals surface area contributed by atoms with Crippen LogP contribution in [0.3, 0.4) is 0 Å². The number of amides is 1. The SMILES string of the molecule is Cc1ccc(/C=C/C(=O)NCCc2nc3ccccc3[nH]2)c(C)c1. The van der Waals surface area contributed by atoms with Crippen LogP contribution < -0.4 is 5.32 Å². The summed E-state index contributed by atoms with van der Waals surface area (Å²) >= 11 is 0. The number of para-hydroxylation sites is 2. The first-order valence-corrected chi connectivity index (χ1v) is 8.08. The molecule has 3 rings (SSSR count). The Hall–Kier alpha value is -2.88. The lowest BCUT2D eigenvalue weighted by molar-refractivity contribution is -0.116. The summed E-state index contributed by atoms with van der Waals surface area (Å²) < 4.78 is 0. The zero-order valence-electron chi connectivity index (χ0n) is 14.0. The van der Waals surface area contributed by atoms with E-state index in [1.54, 1.807) is 6.08 Å². The maximum Gasteiger partial charge on any atom is 0.244 e. The number of nitrogens with zero attached hydrogens (tertiary/aromatic N) is 1. The van der Waals surface area contributed by atoms with Crippen molar-refractivity contribution in [2.75, 3.05) is 6.54 Å². The summed E-state index contributed by atoms with van der Waals surface area (Å²) in [5.41, 5.74) is 5.43. The third-order valence-corrected chi connectivity index (χ3v) is 3.94. The third kappa shape index (κ3) is 3.90. The molecule has 0 unspecified atom stereocenters. The van der Waals surface area contributed by atoms with Crippen LogP contribution in [-0.4, -0.2) is 22.4 Å². The summed E-state index contributed by atoms with van der Waals surface area (Å²) in [5, 5.41) is 2.89. The number of hydrogen-bond donors (Lipinski definition) is 2. The summed E-state index contributed by atoms with van der Waals surface area (Å²) in [5.74, 6) is 0.793. The Kier molecular flexibility index (Phi) is 4.75. The fourth-order valence-electron chi connectivity index (χ4n) is 2.67. The van der Waals surface area contributed by atoms with E-state index in [2.05, 4.69) is 28.3 Å². The van der Waals surface area contributed by atoms with Gasteiger partial charge in [-0.2, -0.15) is 0 Å². The summed E-state index contributed by atoms with van der Waals surface area (Å²) in [4.78, 5) is 19.7. The van der Waals surface area contributed by atoms with Crippen LogP contribution >= 0.6 is 0 Å². The zero-order valence-corrected chi connectivity index (χ0v) is 14.0. The predicted molar refractivity (Wildman–Crippen MR) is 97.8 cm³/mol. The Balaban J connectivity index is 1.52. The fraction of sp³-hybridized carbons (Fsp3) is 0.200. The van der Waals surface area contributed by atoms with Crippen LogP contribution in [0.2, 0.25) is 0 Å². The molecule has 0 fully saturated rings. The van der Waals surface area contributed by atoms with Gasteiger partial charge in [0.25, 0.3) is 0 Å². The lowest BCUT2D eigenvalue weighted by Gasteiger charge is -2.02. The molecule has 24 heavy (non-hydrogen) atoms. The van der Waals surface area contributed by atoms with Crippen molar-refractivity contribution >= 4 is 23.0 Å². The number of fused-ring (bicyclic) bond motifs is 1. The first-order chi connectivity index (χ1) is 11.6. The van der Waals surface area contributed by atoms with E-state index in [1.165, 1.54) is 11.1 Å². The molecule has 0 radical (unpaired) electrons. The van der Waals surface area contributed by atoms with Gasteiger partial charge in [0.1, 0.15) is 5.82 Å². The van der Waals surface area contributed by atoms with Gasteiger partial charge < -0.3 is 10.3 Å². The number of H-pyrrole nitrogens is 1. The van der Waals surface area contributed by atoms with Gasteiger partial charge in [0.05, 0.1) is 11.0 Å². The second-order valence-electron chi connectivity index (χ2n) is 5.94. The van der Waals surface area contributed by atoms with Crippen molar-refractivity contribution in [2.24, 2.45) is 0 Å². The summed E-state index contributed by atoms with van der Waals surface area (Å²) in [7, 11) is 0. The van der Waals surface area contributed by atoms with Crippen LogP contribution in [0.4, 0.5) is 0 Å². The van der Waals surface area contributed by atoms with Gasteiger partial charge in [0, 0.05) is 19.0 Å². The van der Waals surface area contributed by atoms with E-state index in [0.717, 1.165) is 22.4 Å². The minimum Gasteiger partial charge on any atom is -0.352 e. The molecule has 0 aliphatic carbocycles. The predicted octanol–water partition coefficient (Wildman–Crippen LogP) is 3.55. The number of aryl methyl sites for hydroxylation is 2. The smallest absolute Gasteiger partial charge is 0.244 e. The summed E-state index contributed by atoms with van der Waals surface area (Å²) in [6.45, 7) is 4.66. The van der Waals surface area contributed by atoms with Crippen LogP contribution in [0.5, 0.6) is 0 Å². The Morgan fingerprint density at radius 2 is 2.04 bits per heavy atom. The van der Waals surface area contributed by atoms with Crippen molar-refractivity contribution in [2.45, 2.75) is 20.3 Å². The van der Waals surface area contributed by atoms with E-state index in [1.807, 2.05) is 49.4 Å². The highest BCUT2D eigenvalue weighted by Crippen LogP contribution is 2.12.